The molecule has 0 atom stereocenters. The summed E-state index contributed by atoms with van der Waals surface area (Å²) in [6.07, 6.45) is 6.74. The van der Waals surface area contributed by atoms with Gasteiger partial charge >= 0.3 is 0 Å². The van der Waals surface area contributed by atoms with Crippen LogP contribution in [0.25, 0.3) is 0 Å². The first-order valence-electron chi connectivity index (χ1n) is 9.52. The molecule has 1 aromatic rings. The summed E-state index contributed by atoms with van der Waals surface area (Å²) in [7, 11) is 0. The van der Waals surface area contributed by atoms with Gasteiger partial charge in [0.05, 0.1) is 6.61 Å². The Morgan fingerprint density at radius 3 is 2.42 bits per heavy atom. The van der Waals surface area contributed by atoms with E-state index in [0.29, 0.717) is 5.91 Å². The van der Waals surface area contributed by atoms with Gasteiger partial charge in [0.1, 0.15) is 5.75 Å². The number of ether oxygens (including phenoxy) is 1. The van der Waals surface area contributed by atoms with Gasteiger partial charge in [0.2, 0.25) is 5.91 Å². The van der Waals surface area contributed by atoms with Gasteiger partial charge in [0, 0.05) is 25.6 Å². The van der Waals surface area contributed by atoms with Crippen LogP contribution in [0, 0.1) is 5.92 Å². The molecule has 4 heteroatoms. The molecule has 2 fully saturated rings. The minimum atomic E-state index is 0.264. The molecular formula is C20H30N2O2. The minimum Gasteiger partial charge on any atom is -0.494 e. The van der Waals surface area contributed by atoms with Crippen LogP contribution in [-0.2, 0) is 4.79 Å². The van der Waals surface area contributed by atoms with Crippen molar-refractivity contribution in [2.75, 3.05) is 39.3 Å². The molecule has 0 N–H and O–H groups in total. The molecule has 1 aromatic carbocycles. The standard InChI is InChI=1S/C20H30N2O2/c23-20(22-13-5-2-6-14-22)18-10-15-21(16-11-18)12-7-17-24-19-8-3-1-4-9-19/h1,3-4,8-9,18H,2,5-7,10-17H2. The van der Waals surface area contributed by atoms with Gasteiger partial charge in [-0.1, -0.05) is 18.2 Å². The van der Waals surface area contributed by atoms with E-state index in [1.807, 2.05) is 30.3 Å². The second-order valence-electron chi connectivity index (χ2n) is 7.02. The molecule has 24 heavy (non-hydrogen) atoms. The van der Waals surface area contributed by atoms with E-state index < -0.39 is 0 Å². The van der Waals surface area contributed by atoms with Crippen LogP contribution >= 0.6 is 0 Å². The van der Waals surface area contributed by atoms with Crippen molar-refractivity contribution in [3.63, 3.8) is 0 Å². The number of likely N-dealkylation sites (tertiary alicyclic amines) is 2. The fourth-order valence-electron chi connectivity index (χ4n) is 3.77. The van der Waals surface area contributed by atoms with E-state index in [-0.39, 0.29) is 5.92 Å². The molecule has 0 aromatic heterocycles. The van der Waals surface area contributed by atoms with Gasteiger partial charge in [-0.3, -0.25) is 4.79 Å². The minimum absolute atomic E-state index is 0.264. The van der Waals surface area contributed by atoms with Crippen LogP contribution in [0.5, 0.6) is 5.75 Å². The molecule has 2 aliphatic heterocycles. The van der Waals surface area contributed by atoms with Gasteiger partial charge in [-0.15, -0.1) is 0 Å². The molecule has 4 nitrogen and oxygen atoms in total. The summed E-state index contributed by atoms with van der Waals surface area (Å²) in [5, 5.41) is 0. The fourth-order valence-corrected chi connectivity index (χ4v) is 3.77. The third-order valence-electron chi connectivity index (χ3n) is 5.24. The average Bonchev–Trinajstić information content (AvgIpc) is 2.67. The summed E-state index contributed by atoms with van der Waals surface area (Å²) in [4.78, 5) is 17.2. The lowest BCUT2D eigenvalue weighted by Crippen LogP contribution is -2.44. The predicted octanol–water partition coefficient (Wildman–Crippen LogP) is 3.18. The third-order valence-corrected chi connectivity index (χ3v) is 5.24. The van der Waals surface area contributed by atoms with Crippen molar-refractivity contribution in [3.8, 4) is 5.75 Å². The highest BCUT2D eigenvalue weighted by Gasteiger charge is 2.28. The molecule has 0 unspecified atom stereocenters. The maximum absolute atomic E-state index is 12.6. The van der Waals surface area contributed by atoms with E-state index in [4.69, 9.17) is 4.74 Å². The quantitative estimate of drug-likeness (QED) is 0.751. The number of carbonyl (C=O) groups excluding carboxylic acids is 1. The van der Waals surface area contributed by atoms with Crippen LogP contribution in [0.3, 0.4) is 0 Å². The van der Waals surface area contributed by atoms with Crippen molar-refractivity contribution in [1.82, 2.24) is 9.80 Å². The van der Waals surface area contributed by atoms with E-state index in [2.05, 4.69) is 9.80 Å². The van der Waals surface area contributed by atoms with E-state index in [1.165, 1.54) is 19.3 Å². The SMILES string of the molecule is O=C(C1CCN(CCCOc2ccccc2)CC1)N1CCCCC1. The predicted molar refractivity (Wildman–Crippen MR) is 96.1 cm³/mol. The van der Waals surface area contributed by atoms with Crippen molar-refractivity contribution < 1.29 is 9.53 Å². The summed E-state index contributed by atoms with van der Waals surface area (Å²) in [5.74, 6) is 1.63. The zero-order valence-corrected chi connectivity index (χ0v) is 14.7. The largest absolute Gasteiger partial charge is 0.494 e. The lowest BCUT2D eigenvalue weighted by molar-refractivity contribution is -0.138. The van der Waals surface area contributed by atoms with Crippen LogP contribution in [0.1, 0.15) is 38.5 Å². The van der Waals surface area contributed by atoms with E-state index >= 15 is 0 Å². The first-order chi connectivity index (χ1) is 11.8. The molecule has 0 bridgehead atoms. The molecule has 2 aliphatic rings. The normalized spacial score (nSPS) is 20.1. The number of carbonyl (C=O) groups is 1. The number of para-hydroxylation sites is 1. The zero-order valence-electron chi connectivity index (χ0n) is 14.7. The number of rotatable bonds is 6. The van der Waals surface area contributed by atoms with Gasteiger partial charge < -0.3 is 14.5 Å². The molecule has 0 saturated carbocycles. The molecule has 132 valence electrons. The maximum atomic E-state index is 12.6. The topological polar surface area (TPSA) is 32.8 Å². The summed E-state index contributed by atoms with van der Waals surface area (Å²) in [6.45, 7) is 5.89. The van der Waals surface area contributed by atoms with E-state index in [0.717, 1.165) is 64.3 Å². The van der Waals surface area contributed by atoms with Crippen LogP contribution < -0.4 is 4.74 Å². The summed E-state index contributed by atoms with van der Waals surface area (Å²) in [5.41, 5.74) is 0. The van der Waals surface area contributed by atoms with Gasteiger partial charge in [0.25, 0.3) is 0 Å². The summed E-state index contributed by atoms with van der Waals surface area (Å²) >= 11 is 0. The molecule has 3 rings (SSSR count). The van der Waals surface area contributed by atoms with Crippen molar-refractivity contribution in [2.45, 2.75) is 38.5 Å². The van der Waals surface area contributed by atoms with Crippen molar-refractivity contribution in [3.05, 3.63) is 30.3 Å². The van der Waals surface area contributed by atoms with Crippen molar-refractivity contribution in [1.29, 1.82) is 0 Å². The molecule has 0 spiro atoms. The Morgan fingerprint density at radius 1 is 1.00 bits per heavy atom. The second-order valence-corrected chi connectivity index (χ2v) is 7.02. The van der Waals surface area contributed by atoms with E-state index in [9.17, 15) is 4.79 Å². The average molecular weight is 330 g/mol. The van der Waals surface area contributed by atoms with Crippen LogP contribution in [-0.4, -0.2) is 55.0 Å². The first kappa shape index (κ1) is 17.3. The Balaban J connectivity index is 1.31. The first-order valence-corrected chi connectivity index (χ1v) is 9.52. The molecule has 0 aliphatic carbocycles. The smallest absolute Gasteiger partial charge is 0.225 e. The molecule has 0 radical (unpaired) electrons. The monoisotopic (exact) mass is 330 g/mol. The third kappa shape index (κ3) is 4.97. The lowest BCUT2D eigenvalue weighted by Gasteiger charge is -2.35. The molecule has 1 amide bonds. The highest BCUT2D eigenvalue weighted by atomic mass is 16.5. The Bertz CT molecular complexity index is 492. The number of hydrogen-bond donors (Lipinski definition) is 0. The second kappa shape index (κ2) is 9.07. The number of nitrogens with zero attached hydrogens (tertiary/aromatic N) is 2. The lowest BCUT2D eigenvalue weighted by atomic mass is 9.94. The Hall–Kier alpha value is -1.55. The highest BCUT2D eigenvalue weighted by molar-refractivity contribution is 5.79. The number of benzene rings is 1. The molecule has 2 heterocycles. The number of piperidine rings is 2. The number of hydrogen-bond acceptors (Lipinski definition) is 3. The highest BCUT2D eigenvalue weighted by Crippen LogP contribution is 2.22. The van der Waals surface area contributed by atoms with Gasteiger partial charge in [-0.05, 0) is 63.7 Å². The summed E-state index contributed by atoms with van der Waals surface area (Å²) < 4.78 is 5.75. The van der Waals surface area contributed by atoms with Gasteiger partial charge in [-0.25, -0.2) is 0 Å². The Kier molecular flexibility index (Phi) is 6.53. The van der Waals surface area contributed by atoms with Crippen LogP contribution in [0.2, 0.25) is 0 Å². The fraction of sp³-hybridized carbons (Fsp3) is 0.650. The Labute approximate surface area is 145 Å². The van der Waals surface area contributed by atoms with Crippen LogP contribution in [0.4, 0.5) is 0 Å². The molecular weight excluding hydrogens is 300 g/mol. The van der Waals surface area contributed by atoms with Crippen molar-refractivity contribution in [2.24, 2.45) is 5.92 Å². The zero-order chi connectivity index (χ0) is 16.6. The molecule has 2 saturated heterocycles. The summed E-state index contributed by atoms with van der Waals surface area (Å²) in [6, 6.07) is 10.00. The number of amides is 1. The van der Waals surface area contributed by atoms with E-state index in [1.54, 1.807) is 0 Å². The van der Waals surface area contributed by atoms with Crippen molar-refractivity contribution >= 4 is 5.91 Å². The maximum Gasteiger partial charge on any atom is 0.225 e. The van der Waals surface area contributed by atoms with Gasteiger partial charge in [-0.2, -0.15) is 0 Å². The van der Waals surface area contributed by atoms with Gasteiger partial charge in [0.15, 0.2) is 0 Å². The Morgan fingerprint density at radius 2 is 1.71 bits per heavy atom. The van der Waals surface area contributed by atoms with Crippen LogP contribution in [0.15, 0.2) is 30.3 Å².